The zero-order chi connectivity index (χ0) is 18.1. The Bertz CT molecular complexity index is 732. The summed E-state index contributed by atoms with van der Waals surface area (Å²) < 4.78 is 15.9. The average molecular weight is 363 g/mol. The first-order chi connectivity index (χ1) is 12.1. The molecule has 0 atom stereocenters. The SMILES string of the molecule is CCOc1ccc(Cl)cc1/C=N/NC(=O)COc1ccc(OC)cc1. The molecular formula is C18H19ClN2O4. The first kappa shape index (κ1) is 18.6. The van der Waals surface area contributed by atoms with Gasteiger partial charge in [0.2, 0.25) is 0 Å². The van der Waals surface area contributed by atoms with Crippen LogP contribution in [0.25, 0.3) is 0 Å². The molecule has 0 fully saturated rings. The van der Waals surface area contributed by atoms with Gasteiger partial charge in [-0.2, -0.15) is 5.10 Å². The fourth-order valence-corrected chi connectivity index (χ4v) is 2.11. The van der Waals surface area contributed by atoms with E-state index in [0.29, 0.717) is 34.4 Å². The number of amides is 1. The van der Waals surface area contributed by atoms with Crippen LogP contribution in [0.2, 0.25) is 5.02 Å². The van der Waals surface area contributed by atoms with E-state index < -0.39 is 0 Å². The first-order valence-corrected chi connectivity index (χ1v) is 8.01. The van der Waals surface area contributed by atoms with Gasteiger partial charge in [0.15, 0.2) is 6.61 Å². The molecule has 0 radical (unpaired) electrons. The average Bonchev–Trinajstić information content (AvgIpc) is 2.62. The lowest BCUT2D eigenvalue weighted by Crippen LogP contribution is -2.24. The first-order valence-electron chi connectivity index (χ1n) is 7.63. The molecule has 0 saturated carbocycles. The molecule has 132 valence electrons. The van der Waals surface area contributed by atoms with Crippen molar-refractivity contribution in [2.75, 3.05) is 20.3 Å². The number of nitrogens with one attached hydrogen (secondary N) is 1. The van der Waals surface area contributed by atoms with Crippen molar-refractivity contribution < 1.29 is 19.0 Å². The molecule has 0 saturated heterocycles. The smallest absolute Gasteiger partial charge is 0.277 e. The number of hydrazone groups is 1. The highest BCUT2D eigenvalue weighted by Gasteiger charge is 2.04. The van der Waals surface area contributed by atoms with Gasteiger partial charge in [-0.25, -0.2) is 5.43 Å². The zero-order valence-electron chi connectivity index (χ0n) is 14.0. The van der Waals surface area contributed by atoms with Crippen LogP contribution in [0.1, 0.15) is 12.5 Å². The van der Waals surface area contributed by atoms with Crippen molar-refractivity contribution in [3.8, 4) is 17.2 Å². The Morgan fingerprint density at radius 1 is 1.16 bits per heavy atom. The highest BCUT2D eigenvalue weighted by atomic mass is 35.5. The van der Waals surface area contributed by atoms with E-state index in [2.05, 4.69) is 10.5 Å². The lowest BCUT2D eigenvalue weighted by Gasteiger charge is -2.07. The number of ether oxygens (including phenoxy) is 3. The number of halogens is 1. The summed E-state index contributed by atoms with van der Waals surface area (Å²) in [5.41, 5.74) is 3.07. The van der Waals surface area contributed by atoms with Crippen LogP contribution in [0.5, 0.6) is 17.2 Å². The summed E-state index contributed by atoms with van der Waals surface area (Å²) >= 11 is 5.96. The second-order valence-corrected chi connectivity index (χ2v) is 5.31. The molecule has 0 spiro atoms. The zero-order valence-corrected chi connectivity index (χ0v) is 14.7. The molecule has 2 rings (SSSR count). The van der Waals surface area contributed by atoms with Gasteiger partial charge in [-0.15, -0.1) is 0 Å². The Balaban J connectivity index is 1.86. The van der Waals surface area contributed by atoms with Crippen molar-refractivity contribution in [2.24, 2.45) is 5.10 Å². The second kappa shape index (κ2) is 9.54. The van der Waals surface area contributed by atoms with E-state index >= 15 is 0 Å². The third-order valence-electron chi connectivity index (χ3n) is 3.09. The Kier molecular flexibility index (Phi) is 7.10. The normalized spacial score (nSPS) is 10.5. The largest absolute Gasteiger partial charge is 0.497 e. The molecule has 0 unspecified atom stereocenters. The van der Waals surface area contributed by atoms with Crippen LogP contribution in [0, 0.1) is 0 Å². The van der Waals surface area contributed by atoms with Crippen molar-refractivity contribution in [3.05, 3.63) is 53.1 Å². The van der Waals surface area contributed by atoms with Gasteiger partial charge in [-0.05, 0) is 49.4 Å². The van der Waals surface area contributed by atoms with Gasteiger partial charge in [-0.1, -0.05) is 11.6 Å². The van der Waals surface area contributed by atoms with E-state index in [1.807, 2.05) is 6.92 Å². The minimum absolute atomic E-state index is 0.155. The van der Waals surface area contributed by atoms with E-state index in [0.717, 1.165) is 0 Å². The second-order valence-electron chi connectivity index (χ2n) is 4.87. The minimum atomic E-state index is -0.382. The number of nitrogens with zero attached hydrogens (tertiary/aromatic N) is 1. The lowest BCUT2D eigenvalue weighted by atomic mass is 10.2. The number of rotatable bonds is 8. The quantitative estimate of drug-likeness (QED) is 0.578. The van der Waals surface area contributed by atoms with Crippen LogP contribution in [-0.2, 0) is 4.79 Å². The van der Waals surface area contributed by atoms with Crippen LogP contribution in [0.3, 0.4) is 0 Å². The maximum Gasteiger partial charge on any atom is 0.277 e. The van der Waals surface area contributed by atoms with E-state index in [-0.39, 0.29) is 12.5 Å². The maximum atomic E-state index is 11.8. The molecule has 7 heteroatoms. The third kappa shape index (κ3) is 6.00. The van der Waals surface area contributed by atoms with Crippen molar-refractivity contribution in [1.29, 1.82) is 0 Å². The van der Waals surface area contributed by atoms with Crippen LogP contribution in [-0.4, -0.2) is 32.4 Å². The number of methoxy groups -OCH3 is 1. The summed E-state index contributed by atoms with van der Waals surface area (Å²) in [6, 6.07) is 12.1. The van der Waals surface area contributed by atoms with E-state index in [9.17, 15) is 4.79 Å². The lowest BCUT2D eigenvalue weighted by molar-refractivity contribution is -0.123. The molecule has 0 aliphatic rings. The van der Waals surface area contributed by atoms with Gasteiger partial charge in [-0.3, -0.25) is 4.79 Å². The number of hydrogen-bond donors (Lipinski definition) is 1. The molecule has 25 heavy (non-hydrogen) atoms. The standard InChI is InChI=1S/C18H19ClN2O4/c1-3-24-17-9-4-14(19)10-13(17)11-20-21-18(22)12-25-16-7-5-15(23-2)6-8-16/h4-11H,3,12H2,1-2H3,(H,21,22)/b20-11+. The molecule has 2 aromatic carbocycles. The molecule has 0 aromatic heterocycles. The summed E-state index contributed by atoms with van der Waals surface area (Å²) in [5, 5.41) is 4.46. The van der Waals surface area contributed by atoms with E-state index in [1.165, 1.54) is 6.21 Å². The number of carbonyl (C=O) groups is 1. The van der Waals surface area contributed by atoms with Crippen LogP contribution < -0.4 is 19.6 Å². The van der Waals surface area contributed by atoms with Gasteiger partial charge in [0, 0.05) is 10.6 Å². The Morgan fingerprint density at radius 2 is 1.88 bits per heavy atom. The summed E-state index contributed by atoms with van der Waals surface area (Å²) in [6.45, 7) is 2.25. The van der Waals surface area contributed by atoms with Crippen molar-refractivity contribution >= 4 is 23.7 Å². The Hall–Kier alpha value is -2.73. The molecule has 1 amide bonds. The number of carbonyl (C=O) groups excluding carboxylic acids is 1. The fraction of sp³-hybridized carbons (Fsp3) is 0.222. The monoisotopic (exact) mass is 362 g/mol. The molecular weight excluding hydrogens is 344 g/mol. The summed E-state index contributed by atoms with van der Waals surface area (Å²) in [5.74, 6) is 1.54. The Morgan fingerprint density at radius 3 is 2.56 bits per heavy atom. The van der Waals surface area contributed by atoms with Gasteiger partial charge in [0.25, 0.3) is 5.91 Å². The molecule has 6 nitrogen and oxygen atoms in total. The van der Waals surface area contributed by atoms with Gasteiger partial charge in [0.1, 0.15) is 17.2 Å². The van der Waals surface area contributed by atoms with Crippen molar-refractivity contribution in [1.82, 2.24) is 5.43 Å². The van der Waals surface area contributed by atoms with Crippen molar-refractivity contribution in [3.63, 3.8) is 0 Å². The molecule has 0 aliphatic carbocycles. The molecule has 0 aliphatic heterocycles. The fourth-order valence-electron chi connectivity index (χ4n) is 1.93. The molecule has 2 aromatic rings. The molecule has 0 bridgehead atoms. The van der Waals surface area contributed by atoms with Gasteiger partial charge in [0.05, 0.1) is 19.9 Å². The third-order valence-corrected chi connectivity index (χ3v) is 3.33. The molecule has 0 heterocycles. The minimum Gasteiger partial charge on any atom is -0.497 e. The highest BCUT2D eigenvalue weighted by Crippen LogP contribution is 2.21. The van der Waals surface area contributed by atoms with Crippen LogP contribution >= 0.6 is 11.6 Å². The Labute approximate surface area is 151 Å². The van der Waals surface area contributed by atoms with Crippen molar-refractivity contribution in [2.45, 2.75) is 6.92 Å². The molecule has 1 N–H and O–H groups in total. The van der Waals surface area contributed by atoms with Crippen LogP contribution in [0.4, 0.5) is 0 Å². The van der Waals surface area contributed by atoms with Gasteiger partial charge < -0.3 is 14.2 Å². The van der Waals surface area contributed by atoms with Crippen LogP contribution in [0.15, 0.2) is 47.6 Å². The highest BCUT2D eigenvalue weighted by molar-refractivity contribution is 6.30. The summed E-state index contributed by atoms with van der Waals surface area (Å²) in [4.78, 5) is 11.8. The van der Waals surface area contributed by atoms with E-state index in [4.69, 9.17) is 25.8 Å². The van der Waals surface area contributed by atoms with E-state index in [1.54, 1.807) is 49.6 Å². The number of hydrogen-bond acceptors (Lipinski definition) is 5. The number of benzene rings is 2. The predicted octanol–water partition coefficient (Wildman–Crippen LogP) is 3.28. The predicted molar refractivity (Wildman–Crippen MR) is 96.8 cm³/mol. The summed E-state index contributed by atoms with van der Waals surface area (Å²) in [7, 11) is 1.58. The van der Waals surface area contributed by atoms with Gasteiger partial charge >= 0.3 is 0 Å². The topological polar surface area (TPSA) is 69.2 Å². The summed E-state index contributed by atoms with van der Waals surface area (Å²) in [6.07, 6.45) is 1.47. The maximum absolute atomic E-state index is 11.8.